The number of para-hydroxylation sites is 1. The van der Waals surface area contributed by atoms with Crippen LogP contribution in [0.25, 0.3) is 10.8 Å². The van der Waals surface area contributed by atoms with Crippen LogP contribution < -0.4 is 20.7 Å². The number of azo groups is 1. The zero-order chi connectivity index (χ0) is 41.0. The van der Waals surface area contributed by atoms with Crippen molar-refractivity contribution in [2.75, 3.05) is 16.0 Å². The van der Waals surface area contributed by atoms with Crippen molar-refractivity contribution < 1.29 is 37.5 Å². The van der Waals surface area contributed by atoms with E-state index >= 15 is 0 Å². The van der Waals surface area contributed by atoms with Gasteiger partial charge in [0.2, 0.25) is 17.2 Å². The van der Waals surface area contributed by atoms with Crippen LogP contribution in [0.2, 0.25) is 5.28 Å². The third-order valence-electron chi connectivity index (χ3n) is 8.30. The Bertz CT molecular complexity index is 2850. The quantitative estimate of drug-likeness (QED) is 0.0498. The predicted octanol–water partition coefficient (Wildman–Crippen LogP) is 9.58. The van der Waals surface area contributed by atoms with Crippen molar-refractivity contribution in [3.05, 3.63) is 143 Å². The number of halogens is 1. The molecule has 0 unspecified atom stereocenters. The SMILES string of the molecule is Cc1ccc(Nc2nc(Cl)nc(Nc3cc(N=Nc4c(O)c(C(=O)Nc5ccc(Oc6ccccc6)cc5)cc5cc(C(=O)O)ccc45)cc(S(=O)(=O)O)c3)n2)cc1. The van der Waals surface area contributed by atoms with E-state index in [0.717, 1.165) is 17.7 Å². The van der Waals surface area contributed by atoms with Crippen molar-refractivity contribution in [1.82, 2.24) is 15.0 Å². The normalized spacial score (nSPS) is 11.4. The molecule has 6 N–H and O–H groups in total. The van der Waals surface area contributed by atoms with E-state index in [9.17, 15) is 32.8 Å². The lowest BCUT2D eigenvalue weighted by Crippen LogP contribution is -2.12. The van der Waals surface area contributed by atoms with Gasteiger partial charge in [0.15, 0.2) is 5.75 Å². The maximum absolute atomic E-state index is 13.6. The first kappa shape index (κ1) is 38.8. The number of aryl methyl sites for hydroxylation is 1. The molecule has 0 aliphatic heterocycles. The summed E-state index contributed by atoms with van der Waals surface area (Å²) in [6.07, 6.45) is 0. The van der Waals surface area contributed by atoms with Crippen LogP contribution in [-0.4, -0.2) is 50.0 Å². The topological polar surface area (TPSA) is 238 Å². The maximum atomic E-state index is 13.6. The number of aromatic hydroxyl groups is 1. The molecule has 1 amide bonds. The van der Waals surface area contributed by atoms with Crippen LogP contribution in [0.5, 0.6) is 17.2 Å². The number of aromatic nitrogens is 3. The summed E-state index contributed by atoms with van der Waals surface area (Å²) in [4.78, 5) is 37.3. The summed E-state index contributed by atoms with van der Waals surface area (Å²) in [5.41, 5.74) is 1.32. The molecule has 0 bridgehead atoms. The van der Waals surface area contributed by atoms with Crippen LogP contribution in [0.3, 0.4) is 0 Å². The summed E-state index contributed by atoms with van der Waals surface area (Å²) >= 11 is 6.16. The Labute approximate surface area is 334 Å². The first-order valence-electron chi connectivity index (χ1n) is 17.0. The number of phenolic OH excluding ortho intramolecular Hbond substituents is 1. The minimum absolute atomic E-state index is 0.0288. The molecule has 7 aromatic rings. The Morgan fingerprint density at radius 1 is 0.741 bits per heavy atom. The van der Waals surface area contributed by atoms with Gasteiger partial charge < -0.3 is 30.9 Å². The minimum Gasteiger partial charge on any atom is -0.505 e. The van der Waals surface area contributed by atoms with E-state index in [1.165, 1.54) is 30.3 Å². The highest BCUT2D eigenvalue weighted by molar-refractivity contribution is 7.85. The second-order valence-electron chi connectivity index (χ2n) is 12.5. The lowest BCUT2D eigenvalue weighted by molar-refractivity contribution is 0.0696. The molecule has 0 saturated heterocycles. The second-order valence-corrected chi connectivity index (χ2v) is 14.3. The van der Waals surface area contributed by atoms with Gasteiger partial charge in [-0.05, 0) is 109 Å². The number of hydrogen-bond donors (Lipinski definition) is 6. The minimum atomic E-state index is -4.80. The van der Waals surface area contributed by atoms with Gasteiger partial charge in [-0.1, -0.05) is 42.0 Å². The number of nitrogens with zero attached hydrogens (tertiary/aromatic N) is 5. The van der Waals surface area contributed by atoms with Gasteiger partial charge in [-0.2, -0.15) is 28.5 Å². The largest absolute Gasteiger partial charge is 0.505 e. The Kier molecular flexibility index (Phi) is 10.9. The monoisotopic (exact) mass is 816 g/mol. The standard InChI is InChI=1S/C40H29ClN8O8S/c1-22-7-10-26(11-8-22)43-39-45-38(41)46-40(47-39)44-27-19-28(21-31(20-27)58(54,55)56)48-49-34-32-16-9-23(37(52)53)17-24(32)18-33(35(34)50)36(51)42-25-12-14-30(15-13-25)57-29-5-3-2-4-6-29/h2-21,50H,1H3,(H,42,51)(H,52,53)(H,54,55,56)(H2,43,44,45,46,47). The number of nitrogens with one attached hydrogen (secondary N) is 3. The number of hydrogen-bond acceptors (Lipinski definition) is 13. The van der Waals surface area contributed by atoms with Crippen molar-refractivity contribution >= 4 is 84.7 Å². The van der Waals surface area contributed by atoms with Crippen LogP contribution in [0.4, 0.5) is 40.3 Å². The molecule has 6 aromatic carbocycles. The third-order valence-corrected chi connectivity index (χ3v) is 9.30. The number of carbonyl (C=O) groups excluding carboxylic acids is 1. The number of amides is 1. The molecule has 0 atom stereocenters. The smallest absolute Gasteiger partial charge is 0.335 e. The zero-order valence-corrected chi connectivity index (χ0v) is 31.5. The van der Waals surface area contributed by atoms with E-state index in [1.807, 2.05) is 49.4 Å². The first-order valence-corrected chi connectivity index (χ1v) is 18.8. The van der Waals surface area contributed by atoms with Crippen LogP contribution in [0.1, 0.15) is 26.3 Å². The molecule has 0 saturated carbocycles. The highest BCUT2D eigenvalue weighted by atomic mass is 35.5. The molecule has 1 heterocycles. The average molecular weight is 817 g/mol. The number of rotatable bonds is 12. The number of ether oxygens (including phenoxy) is 1. The summed E-state index contributed by atoms with van der Waals surface area (Å²) in [6.45, 7) is 1.93. The molecule has 0 spiro atoms. The van der Waals surface area contributed by atoms with Gasteiger partial charge >= 0.3 is 5.97 Å². The second kappa shape index (κ2) is 16.3. The maximum Gasteiger partial charge on any atom is 0.335 e. The van der Waals surface area contributed by atoms with Gasteiger partial charge in [-0.15, -0.1) is 5.11 Å². The van der Waals surface area contributed by atoms with Crippen LogP contribution >= 0.6 is 11.6 Å². The summed E-state index contributed by atoms with van der Waals surface area (Å²) in [5.74, 6) is -1.51. The lowest BCUT2D eigenvalue weighted by Gasteiger charge is -2.12. The number of phenols is 1. The number of fused-ring (bicyclic) bond motifs is 1. The zero-order valence-electron chi connectivity index (χ0n) is 30.0. The van der Waals surface area contributed by atoms with Gasteiger partial charge in [-0.25, -0.2) is 4.79 Å². The van der Waals surface area contributed by atoms with Gasteiger partial charge in [0.1, 0.15) is 17.2 Å². The van der Waals surface area contributed by atoms with E-state index in [1.54, 1.807) is 36.4 Å². The van der Waals surface area contributed by atoms with Crippen molar-refractivity contribution in [1.29, 1.82) is 0 Å². The van der Waals surface area contributed by atoms with E-state index in [0.29, 0.717) is 22.9 Å². The summed E-state index contributed by atoms with van der Waals surface area (Å²) in [7, 11) is -4.80. The third kappa shape index (κ3) is 9.31. The lowest BCUT2D eigenvalue weighted by atomic mass is 10.0. The predicted molar refractivity (Wildman–Crippen MR) is 216 cm³/mol. The molecule has 0 radical (unpaired) electrons. The average Bonchev–Trinajstić information content (AvgIpc) is 3.18. The van der Waals surface area contributed by atoms with Crippen molar-refractivity contribution in [3.8, 4) is 17.2 Å². The Morgan fingerprint density at radius 3 is 2.07 bits per heavy atom. The Hall–Kier alpha value is -7.47. The van der Waals surface area contributed by atoms with E-state index in [2.05, 4.69) is 41.1 Å². The van der Waals surface area contributed by atoms with Gasteiger partial charge in [-0.3, -0.25) is 9.35 Å². The van der Waals surface area contributed by atoms with E-state index in [4.69, 9.17) is 16.3 Å². The fourth-order valence-corrected chi connectivity index (χ4v) is 6.25. The van der Waals surface area contributed by atoms with E-state index < -0.39 is 32.6 Å². The highest BCUT2D eigenvalue weighted by Gasteiger charge is 2.21. The molecule has 7 rings (SSSR count). The number of aromatic carboxylic acids is 1. The molecule has 16 nitrogen and oxygen atoms in total. The first-order chi connectivity index (χ1) is 27.8. The Balaban J connectivity index is 1.21. The van der Waals surface area contributed by atoms with Crippen LogP contribution in [0, 0.1) is 6.92 Å². The van der Waals surface area contributed by atoms with Gasteiger partial charge in [0.05, 0.1) is 21.7 Å². The molecule has 1 aromatic heterocycles. The highest BCUT2D eigenvalue weighted by Crippen LogP contribution is 2.41. The number of anilines is 5. The molecule has 0 aliphatic carbocycles. The molecule has 18 heteroatoms. The van der Waals surface area contributed by atoms with Crippen molar-refractivity contribution in [3.63, 3.8) is 0 Å². The van der Waals surface area contributed by atoms with Gasteiger partial charge in [0, 0.05) is 22.4 Å². The Morgan fingerprint density at radius 2 is 1.40 bits per heavy atom. The number of carboxylic acid groups (broad SMARTS) is 1. The molecule has 0 aliphatic rings. The van der Waals surface area contributed by atoms with Crippen molar-refractivity contribution in [2.45, 2.75) is 11.8 Å². The van der Waals surface area contributed by atoms with Gasteiger partial charge in [0.25, 0.3) is 16.0 Å². The summed E-state index contributed by atoms with van der Waals surface area (Å²) in [5, 5.41) is 38.2. The summed E-state index contributed by atoms with van der Waals surface area (Å²) < 4.78 is 40.4. The van der Waals surface area contributed by atoms with E-state index in [-0.39, 0.29) is 56.1 Å². The molecule has 0 fully saturated rings. The van der Waals surface area contributed by atoms with Crippen LogP contribution in [0.15, 0.2) is 136 Å². The molecule has 290 valence electrons. The summed E-state index contributed by atoms with van der Waals surface area (Å²) in [6, 6.07) is 31.7. The number of carbonyl (C=O) groups is 2. The molecule has 58 heavy (non-hydrogen) atoms. The van der Waals surface area contributed by atoms with Crippen LogP contribution in [-0.2, 0) is 10.1 Å². The fourth-order valence-electron chi connectivity index (χ4n) is 5.54. The van der Waals surface area contributed by atoms with Crippen molar-refractivity contribution in [2.24, 2.45) is 10.2 Å². The fraction of sp³-hybridized carbons (Fsp3) is 0.0250. The number of carboxylic acids is 1. The number of benzene rings is 6. The molecular weight excluding hydrogens is 788 g/mol. The molecular formula is C40H29ClN8O8S.